The number of aliphatic imine (C=N–C) groups is 1. The third-order valence-corrected chi connectivity index (χ3v) is 6.59. The molecule has 0 spiro atoms. The van der Waals surface area contributed by atoms with E-state index in [0.29, 0.717) is 18.8 Å². The minimum atomic E-state index is -2.83. The number of hydrogen-bond acceptors (Lipinski definition) is 5. The van der Waals surface area contributed by atoms with Crippen LogP contribution in [0.5, 0.6) is 0 Å². The van der Waals surface area contributed by atoms with E-state index in [9.17, 15) is 8.42 Å². The molecule has 0 aliphatic carbocycles. The van der Waals surface area contributed by atoms with Crippen LogP contribution in [0, 0.1) is 19.8 Å². The van der Waals surface area contributed by atoms with Crippen molar-refractivity contribution in [3.8, 4) is 0 Å². The van der Waals surface area contributed by atoms with Crippen LogP contribution < -0.4 is 10.6 Å². The van der Waals surface area contributed by atoms with Gasteiger partial charge >= 0.3 is 0 Å². The molecule has 1 fully saturated rings. The molecule has 2 rings (SSSR count). The quantitative estimate of drug-likeness (QED) is 0.617. The maximum Gasteiger partial charge on any atom is 0.191 e. The van der Waals surface area contributed by atoms with E-state index in [0.717, 1.165) is 28.0 Å². The molecule has 130 valence electrons. The topological polar surface area (TPSA) is 83.5 Å². The smallest absolute Gasteiger partial charge is 0.191 e. The van der Waals surface area contributed by atoms with Gasteiger partial charge in [-0.15, -0.1) is 11.3 Å². The van der Waals surface area contributed by atoms with Crippen LogP contribution in [-0.2, 0) is 16.4 Å². The van der Waals surface area contributed by atoms with Crippen molar-refractivity contribution in [1.29, 1.82) is 0 Å². The third-order valence-electron chi connectivity index (χ3n) is 3.69. The molecule has 1 aliphatic heterocycles. The number of thiazole rings is 1. The average molecular weight is 359 g/mol. The Bertz CT molecular complexity index is 665. The summed E-state index contributed by atoms with van der Waals surface area (Å²) >= 11 is 1.67. The molecular weight excluding hydrogens is 332 g/mol. The lowest BCUT2D eigenvalue weighted by molar-refractivity contribution is 0.562. The molecule has 1 aliphatic rings. The van der Waals surface area contributed by atoms with Crippen LogP contribution in [0.15, 0.2) is 4.99 Å². The second-order valence-corrected chi connectivity index (χ2v) is 9.87. The van der Waals surface area contributed by atoms with Crippen molar-refractivity contribution >= 4 is 27.1 Å². The maximum absolute atomic E-state index is 11.5. The van der Waals surface area contributed by atoms with Crippen LogP contribution in [0.3, 0.4) is 0 Å². The summed E-state index contributed by atoms with van der Waals surface area (Å²) in [5.41, 5.74) is 1.03. The summed E-state index contributed by atoms with van der Waals surface area (Å²) in [6.45, 7) is 9.33. The highest BCUT2D eigenvalue weighted by Crippen LogP contribution is 2.18. The molecule has 2 heterocycles. The minimum absolute atomic E-state index is 0.173. The predicted octanol–water partition coefficient (Wildman–Crippen LogP) is 1.64. The SMILES string of the molecule is Cc1nc(C)c(CN=C(NCC2CCS(=O)(=O)C2)NC(C)C)s1. The van der Waals surface area contributed by atoms with Crippen LogP contribution in [0.4, 0.5) is 0 Å². The van der Waals surface area contributed by atoms with Crippen LogP contribution in [0.2, 0.25) is 0 Å². The Morgan fingerprint density at radius 1 is 1.43 bits per heavy atom. The second-order valence-electron chi connectivity index (χ2n) is 6.36. The molecular formula is C15H26N4O2S2. The van der Waals surface area contributed by atoms with Crippen molar-refractivity contribution in [1.82, 2.24) is 15.6 Å². The van der Waals surface area contributed by atoms with Gasteiger partial charge in [-0.25, -0.2) is 18.4 Å². The molecule has 0 aromatic carbocycles. The van der Waals surface area contributed by atoms with Gasteiger partial charge in [0.1, 0.15) is 0 Å². The van der Waals surface area contributed by atoms with Gasteiger partial charge in [0.2, 0.25) is 0 Å². The Kier molecular flexibility index (Phi) is 6.02. The number of hydrogen-bond donors (Lipinski definition) is 2. The molecule has 8 heteroatoms. The largest absolute Gasteiger partial charge is 0.356 e. The number of aryl methyl sites for hydroxylation is 2. The van der Waals surface area contributed by atoms with Crippen LogP contribution >= 0.6 is 11.3 Å². The van der Waals surface area contributed by atoms with Crippen LogP contribution in [-0.4, -0.2) is 43.5 Å². The van der Waals surface area contributed by atoms with E-state index in [1.54, 1.807) is 11.3 Å². The van der Waals surface area contributed by atoms with Crippen molar-refractivity contribution < 1.29 is 8.42 Å². The van der Waals surface area contributed by atoms with Crippen molar-refractivity contribution in [3.63, 3.8) is 0 Å². The summed E-state index contributed by atoms with van der Waals surface area (Å²) in [4.78, 5) is 10.2. The lowest BCUT2D eigenvalue weighted by atomic mass is 10.1. The number of guanidine groups is 1. The first-order valence-electron chi connectivity index (χ1n) is 7.93. The molecule has 1 aromatic rings. The highest BCUT2D eigenvalue weighted by molar-refractivity contribution is 7.91. The summed E-state index contributed by atoms with van der Waals surface area (Å²) in [6.07, 6.45) is 0.734. The molecule has 6 nitrogen and oxygen atoms in total. The molecule has 0 saturated carbocycles. The number of aromatic nitrogens is 1. The lowest BCUT2D eigenvalue weighted by Crippen LogP contribution is -2.43. The fraction of sp³-hybridized carbons (Fsp3) is 0.733. The van der Waals surface area contributed by atoms with E-state index in [4.69, 9.17) is 0 Å². The first-order chi connectivity index (χ1) is 10.7. The molecule has 23 heavy (non-hydrogen) atoms. The summed E-state index contributed by atoms with van der Waals surface area (Å²) in [5, 5.41) is 7.63. The van der Waals surface area contributed by atoms with Gasteiger partial charge in [-0.2, -0.15) is 0 Å². The Hall–Kier alpha value is -1.15. The highest BCUT2D eigenvalue weighted by Gasteiger charge is 2.27. The standard InChI is InChI=1S/C15H26N4O2S2/c1-10(2)18-15(16-7-13-5-6-23(20,21)9-13)17-8-14-11(3)19-12(4)22-14/h10,13H,5-9H2,1-4H3,(H2,16,17,18). The van der Waals surface area contributed by atoms with E-state index in [1.807, 2.05) is 13.8 Å². The third kappa shape index (κ3) is 5.76. The molecule has 1 unspecified atom stereocenters. The van der Waals surface area contributed by atoms with Gasteiger partial charge < -0.3 is 10.6 Å². The van der Waals surface area contributed by atoms with E-state index < -0.39 is 9.84 Å². The Balaban J connectivity index is 1.96. The van der Waals surface area contributed by atoms with Crippen LogP contribution in [0.1, 0.15) is 35.8 Å². The van der Waals surface area contributed by atoms with Crippen LogP contribution in [0.25, 0.3) is 0 Å². The van der Waals surface area contributed by atoms with Crippen molar-refractivity contribution in [2.45, 2.75) is 46.7 Å². The summed E-state index contributed by atoms with van der Waals surface area (Å²) in [7, 11) is -2.83. The monoisotopic (exact) mass is 358 g/mol. The fourth-order valence-corrected chi connectivity index (χ4v) is 5.29. The molecule has 1 saturated heterocycles. The molecule has 0 bridgehead atoms. The number of rotatable bonds is 5. The maximum atomic E-state index is 11.5. The molecule has 2 N–H and O–H groups in total. The number of nitrogens with one attached hydrogen (secondary N) is 2. The van der Waals surface area contributed by atoms with Gasteiger partial charge in [-0.3, -0.25) is 0 Å². The number of nitrogens with zero attached hydrogens (tertiary/aromatic N) is 2. The fourth-order valence-electron chi connectivity index (χ4n) is 2.57. The number of sulfone groups is 1. The molecule has 1 atom stereocenters. The summed E-state index contributed by atoms with van der Waals surface area (Å²) in [5.74, 6) is 1.49. The van der Waals surface area contributed by atoms with Gasteiger partial charge in [-0.1, -0.05) is 0 Å². The minimum Gasteiger partial charge on any atom is -0.356 e. The van der Waals surface area contributed by atoms with E-state index in [2.05, 4.69) is 34.5 Å². The van der Waals surface area contributed by atoms with Crippen molar-refractivity contribution in [3.05, 3.63) is 15.6 Å². The Morgan fingerprint density at radius 2 is 2.17 bits per heavy atom. The lowest BCUT2D eigenvalue weighted by Gasteiger charge is -2.17. The highest BCUT2D eigenvalue weighted by atomic mass is 32.2. The molecule has 1 aromatic heterocycles. The van der Waals surface area contributed by atoms with Gasteiger partial charge in [0.15, 0.2) is 15.8 Å². The molecule has 0 radical (unpaired) electrons. The van der Waals surface area contributed by atoms with Gasteiger partial charge in [0.25, 0.3) is 0 Å². The first kappa shape index (κ1) is 18.2. The van der Waals surface area contributed by atoms with E-state index >= 15 is 0 Å². The van der Waals surface area contributed by atoms with Gasteiger partial charge in [0, 0.05) is 17.5 Å². The zero-order chi connectivity index (χ0) is 17.0. The second kappa shape index (κ2) is 7.61. The van der Waals surface area contributed by atoms with E-state index in [1.165, 1.54) is 0 Å². The summed E-state index contributed by atoms with van der Waals surface area (Å²) in [6, 6.07) is 0.262. The molecule has 0 amide bonds. The Morgan fingerprint density at radius 3 is 2.70 bits per heavy atom. The first-order valence-corrected chi connectivity index (χ1v) is 10.6. The normalized spacial score (nSPS) is 20.9. The summed E-state index contributed by atoms with van der Waals surface area (Å²) < 4.78 is 23.1. The van der Waals surface area contributed by atoms with Crippen molar-refractivity contribution in [2.24, 2.45) is 10.9 Å². The Labute approximate surface area is 142 Å². The van der Waals surface area contributed by atoms with Gasteiger partial charge in [0.05, 0.1) is 28.8 Å². The van der Waals surface area contributed by atoms with Gasteiger partial charge in [-0.05, 0) is 40.0 Å². The van der Waals surface area contributed by atoms with E-state index in [-0.39, 0.29) is 17.7 Å². The average Bonchev–Trinajstić information content (AvgIpc) is 2.94. The zero-order valence-corrected chi connectivity index (χ0v) is 15.9. The van der Waals surface area contributed by atoms with Crippen molar-refractivity contribution in [2.75, 3.05) is 18.1 Å². The zero-order valence-electron chi connectivity index (χ0n) is 14.2. The predicted molar refractivity (Wildman–Crippen MR) is 95.8 cm³/mol.